The van der Waals surface area contributed by atoms with E-state index in [4.69, 9.17) is 28.2 Å². The van der Waals surface area contributed by atoms with Crippen molar-refractivity contribution in [2.45, 2.75) is 30.3 Å². The van der Waals surface area contributed by atoms with Crippen LogP contribution in [0.25, 0.3) is 0 Å². The van der Waals surface area contributed by atoms with E-state index >= 15 is 0 Å². The van der Waals surface area contributed by atoms with E-state index in [9.17, 15) is 0 Å². The highest BCUT2D eigenvalue weighted by molar-refractivity contribution is 6.35. The molecule has 0 saturated heterocycles. The Morgan fingerprint density at radius 1 is 0.821 bits per heavy atom. The second-order valence-electron chi connectivity index (χ2n) is 7.57. The average molecular weight is 407 g/mol. The molecule has 140 valence electrons. The first kappa shape index (κ1) is 17.8. The Balaban J connectivity index is 1.57. The first-order chi connectivity index (χ1) is 13.7. The Hall–Kier alpha value is -2.29. The second-order valence-corrected chi connectivity index (χ2v) is 8.42. The van der Waals surface area contributed by atoms with E-state index in [1.807, 2.05) is 24.3 Å². The highest BCUT2D eigenvalue weighted by Gasteiger charge is 2.53. The Morgan fingerprint density at radius 2 is 1.46 bits per heavy atom. The summed E-state index contributed by atoms with van der Waals surface area (Å²) in [6.07, 6.45) is 2.09. The van der Waals surface area contributed by atoms with Gasteiger partial charge in [-0.3, -0.25) is 4.99 Å². The fraction of sp³-hybridized carbons (Fsp3) is 0.208. The fourth-order valence-electron chi connectivity index (χ4n) is 4.22. The summed E-state index contributed by atoms with van der Waals surface area (Å²) in [6.45, 7) is 0. The van der Waals surface area contributed by atoms with Gasteiger partial charge >= 0.3 is 0 Å². The molecule has 1 aliphatic heterocycles. The van der Waals surface area contributed by atoms with Crippen LogP contribution in [0.4, 0.5) is 0 Å². The summed E-state index contributed by atoms with van der Waals surface area (Å²) < 4.78 is 0. The first-order valence-electron chi connectivity index (χ1n) is 9.58. The number of nitrogens with zero attached hydrogens (tertiary/aromatic N) is 1. The van der Waals surface area contributed by atoms with Gasteiger partial charge in [-0.15, -0.1) is 0 Å². The van der Waals surface area contributed by atoms with E-state index < -0.39 is 0 Å². The second kappa shape index (κ2) is 6.95. The van der Waals surface area contributed by atoms with Crippen LogP contribution in [-0.4, -0.2) is 5.84 Å². The lowest BCUT2D eigenvalue weighted by Crippen LogP contribution is -2.33. The van der Waals surface area contributed by atoms with Crippen molar-refractivity contribution in [3.63, 3.8) is 0 Å². The van der Waals surface area contributed by atoms with Crippen molar-refractivity contribution >= 4 is 29.0 Å². The number of rotatable bonds is 4. The van der Waals surface area contributed by atoms with Crippen LogP contribution in [0.3, 0.4) is 0 Å². The van der Waals surface area contributed by atoms with E-state index in [2.05, 4.69) is 59.9 Å². The zero-order valence-electron chi connectivity index (χ0n) is 15.3. The molecular weight excluding hydrogens is 387 g/mol. The molecule has 1 aliphatic carbocycles. The Bertz CT molecular complexity index is 1030. The molecule has 4 heteroatoms. The smallest absolute Gasteiger partial charge is 0.108 e. The summed E-state index contributed by atoms with van der Waals surface area (Å²) in [5.74, 6) is 1.04. The number of nitrogens with one attached hydrogen (secondary N) is 1. The van der Waals surface area contributed by atoms with Crippen molar-refractivity contribution in [1.29, 1.82) is 0 Å². The summed E-state index contributed by atoms with van der Waals surface area (Å²) in [7, 11) is 0. The molecule has 1 fully saturated rings. The average Bonchev–Trinajstić information content (AvgIpc) is 3.40. The summed E-state index contributed by atoms with van der Waals surface area (Å²) in [5, 5.41) is 5.14. The molecule has 0 unspecified atom stereocenters. The number of halogens is 2. The molecule has 1 N–H and O–H groups in total. The van der Waals surface area contributed by atoms with Crippen molar-refractivity contribution < 1.29 is 0 Å². The molecule has 1 saturated carbocycles. The molecule has 28 heavy (non-hydrogen) atoms. The van der Waals surface area contributed by atoms with Gasteiger partial charge in [0.1, 0.15) is 11.9 Å². The lowest BCUT2D eigenvalue weighted by molar-refractivity contribution is 0.570. The maximum atomic E-state index is 6.57. The normalized spacial score (nSPS) is 22.4. The topological polar surface area (TPSA) is 24.4 Å². The van der Waals surface area contributed by atoms with Crippen LogP contribution in [0, 0.1) is 0 Å². The third kappa shape index (κ3) is 3.01. The summed E-state index contributed by atoms with van der Waals surface area (Å²) >= 11 is 12.7. The molecule has 2 atom stereocenters. The molecule has 3 aromatic rings. The number of amidine groups is 1. The van der Waals surface area contributed by atoms with Crippen LogP contribution in [0.1, 0.15) is 41.6 Å². The largest absolute Gasteiger partial charge is 0.364 e. The summed E-state index contributed by atoms with van der Waals surface area (Å²) in [5.41, 5.74) is 3.45. The summed E-state index contributed by atoms with van der Waals surface area (Å²) in [4.78, 5) is 5.20. The minimum atomic E-state index is -0.127. The van der Waals surface area contributed by atoms with Gasteiger partial charge in [0.2, 0.25) is 0 Å². The monoisotopic (exact) mass is 406 g/mol. The minimum Gasteiger partial charge on any atom is -0.364 e. The van der Waals surface area contributed by atoms with Crippen molar-refractivity contribution in [3.8, 4) is 0 Å². The van der Waals surface area contributed by atoms with E-state index in [-0.39, 0.29) is 17.5 Å². The van der Waals surface area contributed by atoms with Gasteiger partial charge in [0.25, 0.3) is 0 Å². The predicted octanol–water partition coefficient (Wildman–Crippen LogP) is 6.51. The molecule has 2 nitrogen and oxygen atoms in total. The number of hydrogen-bond acceptors (Lipinski definition) is 2. The molecule has 2 aliphatic rings. The van der Waals surface area contributed by atoms with E-state index in [0.717, 1.165) is 24.2 Å². The van der Waals surface area contributed by atoms with Gasteiger partial charge in [-0.25, -0.2) is 0 Å². The molecule has 1 heterocycles. The maximum Gasteiger partial charge on any atom is 0.108 e. The van der Waals surface area contributed by atoms with Crippen LogP contribution >= 0.6 is 23.2 Å². The molecule has 0 radical (unpaired) electrons. The Kier molecular flexibility index (Phi) is 4.41. The van der Waals surface area contributed by atoms with Crippen LogP contribution in [0.5, 0.6) is 0 Å². The lowest BCUT2D eigenvalue weighted by Gasteiger charge is -2.22. The number of aliphatic imine (C=N–C) groups is 1. The SMILES string of the molecule is Clc1ccc(C2(C3=N[C@@H](c4ccccc4)[C@@H](c4ccccc4)N3)CC2)c(Cl)c1. The molecule has 0 spiro atoms. The van der Waals surface area contributed by atoms with Gasteiger partial charge in [-0.1, -0.05) is 89.9 Å². The van der Waals surface area contributed by atoms with Crippen molar-refractivity contribution in [2.75, 3.05) is 0 Å². The Morgan fingerprint density at radius 3 is 2.07 bits per heavy atom. The van der Waals surface area contributed by atoms with E-state index in [0.29, 0.717) is 10.0 Å². The maximum absolute atomic E-state index is 6.57. The highest BCUT2D eigenvalue weighted by Crippen LogP contribution is 2.54. The standard InChI is InChI=1S/C24H20Cl2N2/c25-18-11-12-19(20(26)15-18)24(13-14-24)23-27-21(16-7-3-1-4-8-16)22(28-23)17-9-5-2-6-10-17/h1-12,15,21-22H,13-14H2,(H,27,28)/t21-,22+. The third-order valence-electron chi connectivity index (χ3n) is 5.83. The lowest BCUT2D eigenvalue weighted by atomic mass is 9.93. The molecule has 0 amide bonds. The van der Waals surface area contributed by atoms with Crippen molar-refractivity contribution in [1.82, 2.24) is 5.32 Å². The molecule has 3 aromatic carbocycles. The Labute approximate surface area is 175 Å². The van der Waals surface area contributed by atoms with Crippen LogP contribution < -0.4 is 5.32 Å². The minimum absolute atomic E-state index is 0.0437. The third-order valence-corrected chi connectivity index (χ3v) is 6.37. The van der Waals surface area contributed by atoms with Gasteiger partial charge in [0.05, 0.1) is 11.5 Å². The predicted molar refractivity (Wildman–Crippen MR) is 116 cm³/mol. The quantitative estimate of drug-likeness (QED) is 0.524. The van der Waals surface area contributed by atoms with Gasteiger partial charge in [0, 0.05) is 10.0 Å². The zero-order valence-corrected chi connectivity index (χ0v) is 16.8. The van der Waals surface area contributed by atoms with E-state index in [1.165, 1.54) is 11.1 Å². The highest BCUT2D eigenvalue weighted by atomic mass is 35.5. The van der Waals surface area contributed by atoms with Gasteiger partial charge in [-0.2, -0.15) is 0 Å². The fourth-order valence-corrected chi connectivity index (χ4v) is 4.81. The van der Waals surface area contributed by atoms with Crippen LogP contribution in [0.2, 0.25) is 10.0 Å². The van der Waals surface area contributed by atoms with Gasteiger partial charge in [-0.05, 0) is 41.7 Å². The number of benzene rings is 3. The van der Waals surface area contributed by atoms with Crippen molar-refractivity contribution in [2.24, 2.45) is 4.99 Å². The van der Waals surface area contributed by atoms with Crippen LogP contribution in [-0.2, 0) is 5.41 Å². The zero-order chi connectivity index (χ0) is 19.1. The molecule has 5 rings (SSSR count). The van der Waals surface area contributed by atoms with E-state index in [1.54, 1.807) is 0 Å². The van der Waals surface area contributed by atoms with Gasteiger partial charge in [0.15, 0.2) is 0 Å². The summed E-state index contributed by atoms with van der Waals surface area (Å²) in [6, 6.07) is 27.0. The number of hydrogen-bond donors (Lipinski definition) is 1. The van der Waals surface area contributed by atoms with Crippen LogP contribution in [0.15, 0.2) is 83.9 Å². The van der Waals surface area contributed by atoms with Gasteiger partial charge < -0.3 is 5.32 Å². The van der Waals surface area contributed by atoms with Crippen molar-refractivity contribution in [3.05, 3.63) is 106 Å². The first-order valence-corrected chi connectivity index (χ1v) is 10.3. The molecular formula is C24H20Cl2N2. The molecule has 0 bridgehead atoms. The molecule has 0 aromatic heterocycles.